The zero-order valence-corrected chi connectivity index (χ0v) is 9.60. The first-order valence-corrected chi connectivity index (χ1v) is 6.21. The first-order valence-electron chi connectivity index (χ1n) is 4.63. The van der Waals surface area contributed by atoms with Crippen molar-refractivity contribution in [2.45, 2.75) is 13.8 Å². The minimum atomic E-state index is -4.13. The number of benzene rings is 1. The van der Waals surface area contributed by atoms with E-state index in [4.69, 9.17) is 0 Å². The van der Waals surface area contributed by atoms with Crippen LogP contribution >= 0.6 is 0 Å². The van der Waals surface area contributed by atoms with Gasteiger partial charge >= 0.3 is 0 Å². The maximum atomic E-state index is 10.4. The standard InChI is InChI=1S/C10H15NO3S/c1-8-3-4-10(9(2)7-8)11-5-6-15(12,13)14/h3-4,7,11H,5-6H2,1-2H3,(H,12,13,14)/p-1. The SMILES string of the molecule is Cc1ccc(NCCS(=O)(=O)[O-])c(C)c1. The van der Waals surface area contributed by atoms with Crippen LogP contribution in [0.3, 0.4) is 0 Å². The quantitative estimate of drug-likeness (QED) is 0.788. The molecule has 0 aliphatic heterocycles. The molecule has 0 aromatic heterocycles. The molecular formula is C10H14NO3S-. The molecule has 1 aromatic rings. The van der Waals surface area contributed by atoms with Gasteiger partial charge < -0.3 is 9.87 Å². The zero-order chi connectivity index (χ0) is 11.5. The summed E-state index contributed by atoms with van der Waals surface area (Å²) in [6, 6.07) is 5.80. The maximum absolute atomic E-state index is 10.4. The molecule has 0 aliphatic rings. The Hall–Kier alpha value is -1.07. The molecule has 0 saturated heterocycles. The molecule has 0 amide bonds. The van der Waals surface area contributed by atoms with E-state index in [1.807, 2.05) is 32.0 Å². The Labute approximate surface area is 90.1 Å². The molecule has 0 unspecified atom stereocenters. The van der Waals surface area contributed by atoms with Gasteiger partial charge in [0.25, 0.3) is 0 Å². The summed E-state index contributed by atoms with van der Waals surface area (Å²) in [5.41, 5.74) is 3.05. The second-order valence-electron chi connectivity index (χ2n) is 3.51. The molecule has 0 radical (unpaired) electrons. The van der Waals surface area contributed by atoms with Crippen LogP contribution in [0.5, 0.6) is 0 Å². The highest BCUT2D eigenvalue weighted by atomic mass is 32.2. The predicted octanol–water partition coefficient (Wildman–Crippen LogP) is 1.26. The summed E-state index contributed by atoms with van der Waals surface area (Å²) >= 11 is 0. The van der Waals surface area contributed by atoms with Gasteiger partial charge in [-0.15, -0.1) is 0 Å². The summed E-state index contributed by atoms with van der Waals surface area (Å²) < 4.78 is 31.1. The van der Waals surface area contributed by atoms with Crippen molar-refractivity contribution in [1.82, 2.24) is 0 Å². The molecule has 5 heteroatoms. The van der Waals surface area contributed by atoms with Gasteiger partial charge in [0.2, 0.25) is 0 Å². The van der Waals surface area contributed by atoms with Gasteiger partial charge in [0.1, 0.15) is 0 Å². The zero-order valence-electron chi connectivity index (χ0n) is 8.78. The Morgan fingerprint density at radius 2 is 2.00 bits per heavy atom. The van der Waals surface area contributed by atoms with Crippen LogP contribution in [0.4, 0.5) is 5.69 Å². The fraction of sp³-hybridized carbons (Fsp3) is 0.400. The maximum Gasteiger partial charge on any atom is 0.0963 e. The Morgan fingerprint density at radius 3 is 2.53 bits per heavy atom. The molecule has 0 spiro atoms. The van der Waals surface area contributed by atoms with E-state index in [1.54, 1.807) is 0 Å². The molecule has 0 saturated carbocycles. The molecule has 84 valence electrons. The van der Waals surface area contributed by atoms with Crippen LogP contribution in [0.2, 0.25) is 0 Å². The average Bonchev–Trinajstić information content (AvgIpc) is 2.07. The van der Waals surface area contributed by atoms with Crippen molar-refractivity contribution < 1.29 is 13.0 Å². The third kappa shape index (κ3) is 4.31. The van der Waals surface area contributed by atoms with Gasteiger partial charge in [0.05, 0.1) is 15.9 Å². The van der Waals surface area contributed by atoms with Crippen molar-refractivity contribution in [2.24, 2.45) is 0 Å². The van der Waals surface area contributed by atoms with E-state index in [-0.39, 0.29) is 12.3 Å². The first-order chi connectivity index (χ1) is 6.88. The van der Waals surface area contributed by atoms with Crippen molar-refractivity contribution in [1.29, 1.82) is 0 Å². The molecule has 0 atom stereocenters. The van der Waals surface area contributed by atoms with Crippen molar-refractivity contribution in [3.8, 4) is 0 Å². The van der Waals surface area contributed by atoms with Crippen LogP contribution in [0.1, 0.15) is 11.1 Å². The predicted molar refractivity (Wildman–Crippen MR) is 59.0 cm³/mol. The number of rotatable bonds is 4. The third-order valence-electron chi connectivity index (χ3n) is 2.05. The normalized spacial score (nSPS) is 11.4. The minimum Gasteiger partial charge on any atom is -0.748 e. The summed E-state index contributed by atoms with van der Waals surface area (Å²) in [7, 11) is -4.13. The van der Waals surface area contributed by atoms with Gasteiger partial charge in [-0.25, -0.2) is 8.42 Å². The van der Waals surface area contributed by atoms with Crippen molar-refractivity contribution in [3.05, 3.63) is 29.3 Å². The van der Waals surface area contributed by atoms with E-state index in [1.165, 1.54) is 0 Å². The van der Waals surface area contributed by atoms with Crippen molar-refractivity contribution in [3.63, 3.8) is 0 Å². The molecule has 1 aromatic carbocycles. The minimum absolute atomic E-state index is 0.149. The van der Waals surface area contributed by atoms with E-state index in [0.717, 1.165) is 16.8 Å². The lowest BCUT2D eigenvalue weighted by atomic mass is 10.1. The van der Waals surface area contributed by atoms with E-state index in [0.29, 0.717) is 0 Å². The monoisotopic (exact) mass is 228 g/mol. The summed E-state index contributed by atoms with van der Waals surface area (Å²) in [6.07, 6.45) is 0. The Morgan fingerprint density at radius 1 is 1.33 bits per heavy atom. The number of aryl methyl sites for hydroxylation is 2. The Balaban J connectivity index is 2.59. The number of anilines is 1. The summed E-state index contributed by atoms with van der Waals surface area (Å²) in [4.78, 5) is 0. The van der Waals surface area contributed by atoms with Gasteiger partial charge in [-0.2, -0.15) is 0 Å². The topological polar surface area (TPSA) is 69.2 Å². The van der Waals surface area contributed by atoms with Crippen molar-refractivity contribution >= 4 is 15.8 Å². The van der Waals surface area contributed by atoms with E-state index in [9.17, 15) is 13.0 Å². The lowest BCUT2D eigenvalue weighted by molar-refractivity contribution is 0.464. The molecule has 15 heavy (non-hydrogen) atoms. The highest BCUT2D eigenvalue weighted by Gasteiger charge is 1.99. The fourth-order valence-corrected chi connectivity index (χ4v) is 1.67. The van der Waals surface area contributed by atoms with Gasteiger partial charge in [-0.05, 0) is 25.5 Å². The number of hydrogen-bond donors (Lipinski definition) is 1. The van der Waals surface area contributed by atoms with Crippen LogP contribution in [0.15, 0.2) is 18.2 Å². The fourth-order valence-electron chi connectivity index (χ4n) is 1.32. The smallest absolute Gasteiger partial charge is 0.0963 e. The largest absolute Gasteiger partial charge is 0.748 e. The van der Waals surface area contributed by atoms with Gasteiger partial charge in [-0.3, -0.25) is 0 Å². The summed E-state index contributed by atoms with van der Waals surface area (Å²) in [5.74, 6) is -0.389. The molecule has 0 heterocycles. The van der Waals surface area contributed by atoms with Gasteiger partial charge in [0.15, 0.2) is 0 Å². The molecule has 0 aliphatic carbocycles. The average molecular weight is 228 g/mol. The second-order valence-corrected chi connectivity index (χ2v) is 5.03. The van der Waals surface area contributed by atoms with Crippen LogP contribution in [-0.2, 0) is 10.1 Å². The Bertz CT molecular complexity index is 440. The number of nitrogens with one attached hydrogen (secondary N) is 1. The molecule has 1 N–H and O–H groups in total. The second kappa shape index (κ2) is 4.63. The van der Waals surface area contributed by atoms with Crippen LogP contribution < -0.4 is 5.32 Å². The molecule has 0 fully saturated rings. The highest BCUT2D eigenvalue weighted by molar-refractivity contribution is 7.85. The van der Waals surface area contributed by atoms with Gasteiger partial charge in [0, 0.05) is 12.2 Å². The lowest BCUT2D eigenvalue weighted by Gasteiger charge is -2.11. The number of hydrogen-bond acceptors (Lipinski definition) is 4. The molecule has 4 nitrogen and oxygen atoms in total. The van der Waals surface area contributed by atoms with E-state index >= 15 is 0 Å². The Kier molecular flexibility index (Phi) is 3.71. The van der Waals surface area contributed by atoms with E-state index in [2.05, 4.69) is 5.32 Å². The highest BCUT2D eigenvalue weighted by Crippen LogP contribution is 2.15. The van der Waals surface area contributed by atoms with Crippen LogP contribution in [-0.4, -0.2) is 25.3 Å². The van der Waals surface area contributed by atoms with Crippen LogP contribution in [0, 0.1) is 13.8 Å². The summed E-state index contributed by atoms with van der Waals surface area (Å²) in [5, 5.41) is 2.92. The molecular weight excluding hydrogens is 214 g/mol. The van der Waals surface area contributed by atoms with Gasteiger partial charge in [-0.1, -0.05) is 17.7 Å². The summed E-state index contributed by atoms with van der Waals surface area (Å²) in [6.45, 7) is 4.07. The molecule has 1 rings (SSSR count). The lowest BCUT2D eigenvalue weighted by Crippen LogP contribution is -2.15. The molecule has 0 bridgehead atoms. The van der Waals surface area contributed by atoms with E-state index < -0.39 is 10.1 Å². The van der Waals surface area contributed by atoms with Crippen molar-refractivity contribution in [2.75, 3.05) is 17.6 Å². The third-order valence-corrected chi connectivity index (χ3v) is 2.75. The first kappa shape index (κ1) is 12.0. The van der Waals surface area contributed by atoms with Crippen LogP contribution in [0.25, 0.3) is 0 Å².